The lowest BCUT2D eigenvalue weighted by Gasteiger charge is -2.31. The van der Waals surface area contributed by atoms with E-state index in [0.29, 0.717) is 12.3 Å². The van der Waals surface area contributed by atoms with Crippen molar-refractivity contribution in [3.8, 4) is 0 Å². The van der Waals surface area contributed by atoms with Crippen LogP contribution in [0.2, 0.25) is 0 Å². The van der Waals surface area contributed by atoms with Crippen molar-refractivity contribution in [2.45, 2.75) is 64.6 Å². The molecule has 7 heteroatoms. The van der Waals surface area contributed by atoms with Crippen molar-refractivity contribution in [3.05, 3.63) is 0 Å². The third-order valence-electron chi connectivity index (χ3n) is 5.01. The average Bonchev–Trinajstić information content (AvgIpc) is 3.27. The molecule has 2 atom stereocenters. The Balaban J connectivity index is 1.66. The van der Waals surface area contributed by atoms with Gasteiger partial charge in [0.25, 0.3) is 12.1 Å². The van der Waals surface area contributed by atoms with Gasteiger partial charge in [0.15, 0.2) is 0 Å². The Kier molecular flexibility index (Phi) is 5.38. The third kappa shape index (κ3) is 3.55. The van der Waals surface area contributed by atoms with Crippen molar-refractivity contribution in [2.75, 3.05) is 26.2 Å². The molecule has 0 aliphatic carbocycles. The molecule has 0 aromatic carbocycles. The van der Waals surface area contributed by atoms with Crippen LogP contribution >= 0.6 is 0 Å². The Morgan fingerprint density at radius 3 is 2.62 bits per heavy atom. The van der Waals surface area contributed by atoms with Crippen LogP contribution in [0.1, 0.15) is 52.4 Å². The van der Waals surface area contributed by atoms with Crippen LogP contribution in [0.3, 0.4) is 0 Å². The summed E-state index contributed by atoms with van der Waals surface area (Å²) in [7, 11) is 0. The number of carbonyl (C=O) groups is 2. The molecule has 0 aromatic heterocycles. The number of hydrogen-bond donors (Lipinski definition) is 0. The fourth-order valence-corrected chi connectivity index (χ4v) is 3.81. The van der Waals surface area contributed by atoms with Gasteiger partial charge in [-0.3, -0.25) is 9.59 Å². The molecule has 0 aromatic rings. The lowest BCUT2D eigenvalue weighted by atomic mass is 10.2. The van der Waals surface area contributed by atoms with E-state index in [0.717, 1.165) is 45.4 Å². The lowest BCUT2D eigenvalue weighted by molar-refractivity contribution is -0.154. The molecule has 0 radical (unpaired) electrons. The van der Waals surface area contributed by atoms with Gasteiger partial charge in [-0.1, -0.05) is 6.92 Å². The summed E-state index contributed by atoms with van der Waals surface area (Å²) in [5.74, 6) is 0.109. The fourth-order valence-electron chi connectivity index (χ4n) is 3.81. The number of amides is 2. The molecule has 0 N–H and O–H groups in total. The molecule has 2 amide bonds. The van der Waals surface area contributed by atoms with Crippen LogP contribution in [0.4, 0.5) is 0 Å². The van der Waals surface area contributed by atoms with Crippen LogP contribution in [0.5, 0.6) is 0 Å². The minimum absolute atomic E-state index is 0.123. The van der Waals surface area contributed by atoms with E-state index in [9.17, 15) is 9.59 Å². The van der Waals surface area contributed by atoms with Crippen LogP contribution in [0, 0.1) is 0 Å². The van der Waals surface area contributed by atoms with E-state index in [1.165, 1.54) is 24.8 Å². The molecule has 24 heavy (non-hydrogen) atoms. The minimum atomic E-state index is -0.914. The standard InChI is InChI=1S/C17H28N4O3/c1-3-7-15-18-21(13(2)22)17(24-15)16(23)20-11-6-8-14(20)12-19-9-4-5-10-19/h14,17H,3-12H2,1-2H3/t14-,17?/m0/s1. The van der Waals surface area contributed by atoms with Crippen molar-refractivity contribution in [1.29, 1.82) is 0 Å². The molecular formula is C17H28N4O3. The molecule has 3 aliphatic heterocycles. The molecular weight excluding hydrogens is 308 g/mol. The zero-order valence-corrected chi connectivity index (χ0v) is 14.7. The van der Waals surface area contributed by atoms with Gasteiger partial charge < -0.3 is 14.5 Å². The average molecular weight is 336 g/mol. The molecule has 2 fully saturated rings. The summed E-state index contributed by atoms with van der Waals surface area (Å²) in [4.78, 5) is 29.2. The summed E-state index contributed by atoms with van der Waals surface area (Å²) in [6.07, 6.45) is 5.13. The van der Waals surface area contributed by atoms with Crippen molar-refractivity contribution in [3.63, 3.8) is 0 Å². The zero-order chi connectivity index (χ0) is 17.1. The molecule has 0 spiro atoms. The topological polar surface area (TPSA) is 65.5 Å². The predicted octanol–water partition coefficient (Wildman–Crippen LogP) is 1.39. The predicted molar refractivity (Wildman–Crippen MR) is 90.1 cm³/mol. The van der Waals surface area contributed by atoms with E-state index in [1.54, 1.807) is 0 Å². The Labute approximate surface area is 143 Å². The summed E-state index contributed by atoms with van der Waals surface area (Å²) in [6.45, 7) is 7.37. The van der Waals surface area contributed by atoms with E-state index in [1.807, 2.05) is 11.8 Å². The molecule has 3 rings (SSSR count). The van der Waals surface area contributed by atoms with Crippen LogP contribution < -0.4 is 0 Å². The molecule has 7 nitrogen and oxygen atoms in total. The van der Waals surface area contributed by atoms with Crippen LogP contribution in [-0.2, 0) is 14.3 Å². The Hall–Kier alpha value is -1.63. The number of hydrazone groups is 1. The first-order chi connectivity index (χ1) is 11.6. The van der Waals surface area contributed by atoms with Gasteiger partial charge in [-0.05, 0) is 45.2 Å². The Bertz CT molecular complexity index is 516. The highest BCUT2D eigenvalue weighted by atomic mass is 16.5. The summed E-state index contributed by atoms with van der Waals surface area (Å²) in [6, 6.07) is 0.225. The monoisotopic (exact) mass is 336 g/mol. The van der Waals surface area contributed by atoms with E-state index in [-0.39, 0.29) is 17.9 Å². The highest BCUT2D eigenvalue weighted by Crippen LogP contribution is 2.25. The number of ether oxygens (including phenoxy) is 1. The zero-order valence-electron chi connectivity index (χ0n) is 14.7. The molecule has 3 aliphatic rings. The first kappa shape index (κ1) is 17.2. The summed E-state index contributed by atoms with van der Waals surface area (Å²) < 4.78 is 5.72. The quantitative estimate of drug-likeness (QED) is 0.761. The second kappa shape index (κ2) is 7.51. The molecule has 3 heterocycles. The summed E-state index contributed by atoms with van der Waals surface area (Å²) in [5, 5.41) is 5.41. The van der Waals surface area contributed by atoms with Gasteiger partial charge in [0.1, 0.15) is 0 Å². The van der Waals surface area contributed by atoms with Gasteiger partial charge in [0.2, 0.25) is 11.8 Å². The van der Waals surface area contributed by atoms with E-state index in [2.05, 4.69) is 10.0 Å². The van der Waals surface area contributed by atoms with Gasteiger partial charge in [-0.2, -0.15) is 5.01 Å². The molecule has 1 unspecified atom stereocenters. The maximum absolute atomic E-state index is 13.0. The Morgan fingerprint density at radius 1 is 1.21 bits per heavy atom. The second-order valence-electron chi connectivity index (χ2n) is 6.91. The minimum Gasteiger partial charge on any atom is -0.444 e. The first-order valence-electron chi connectivity index (χ1n) is 9.17. The van der Waals surface area contributed by atoms with Crippen molar-refractivity contribution in [2.24, 2.45) is 5.10 Å². The van der Waals surface area contributed by atoms with E-state index in [4.69, 9.17) is 4.74 Å². The normalized spacial score (nSPS) is 27.5. The number of hydrogen-bond acceptors (Lipinski definition) is 5. The smallest absolute Gasteiger partial charge is 0.287 e. The maximum Gasteiger partial charge on any atom is 0.287 e. The van der Waals surface area contributed by atoms with Crippen molar-refractivity contribution >= 4 is 17.7 Å². The van der Waals surface area contributed by atoms with Gasteiger partial charge in [-0.15, -0.1) is 5.10 Å². The third-order valence-corrected chi connectivity index (χ3v) is 5.01. The molecule has 0 saturated carbocycles. The van der Waals surface area contributed by atoms with Gasteiger partial charge in [-0.25, -0.2) is 0 Å². The molecule has 0 bridgehead atoms. The first-order valence-corrected chi connectivity index (χ1v) is 9.17. The van der Waals surface area contributed by atoms with Crippen molar-refractivity contribution in [1.82, 2.24) is 14.8 Å². The van der Waals surface area contributed by atoms with Gasteiger partial charge in [0, 0.05) is 32.5 Å². The number of nitrogens with zero attached hydrogens (tertiary/aromatic N) is 4. The van der Waals surface area contributed by atoms with E-state index < -0.39 is 6.23 Å². The fraction of sp³-hybridized carbons (Fsp3) is 0.824. The van der Waals surface area contributed by atoms with Crippen LogP contribution in [0.25, 0.3) is 0 Å². The lowest BCUT2D eigenvalue weighted by Crippen LogP contribution is -2.51. The largest absolute Gasteiger partial charge is 0.444 e. The maximum atomic E-state index is 13.0. The summed E-state index contributed by atoms with van der Waals surface area (Å²) in [5.41, 5.74) is 0. The molecule has 134 valence electrons. The van der Waals surface area contributed by atoms with Crippen LogP contribution in [0.15, 0.2) is 5.10 Å². The number of rotatable bonds is 5. The molecule has 2 saturated heterocycles. The van der Waals surface area contributed by atoms with Gasteiger partial charge in [0.05, 0.1) is 0 Å². The van der Waals surface area contributed by atoms with Crippen LogP contribution in [-0.4, -0.2) is 71.0 Å². The summed E-state index contributed by atoms with van der Waals surface area (Å²) >= 11 is 0. The SMILES string of the molecule is CCCC1=NN(C(C)=O)C(C(=O)N2CCC[C@H]2CN2CCCC2)O1. The highest BCUT2D eigenvalue weighted by Gasteiger charge is 2.42. The van der Waals surface area contributed by atoms with Gasteiger partial charge >= 0.3 is 0 Å². The van der Waals surface area contributed by atoms with E-state index >= 15 is 0 Å². The number of carbonyl (C=O) groups excluding carboxylic acids is 2. The number of likely N-dealkylation sites (tertiary alicyclic amines) is 2. The van der Waals surface area contributed by atoms with Crippen molar-refractivity contribution < 1.29 is 14.3 Å². The Morgan fingerprint density at radius 2 is 1.96 bits per heavy atom. The highest BCUT2D eigenvalue weighted by molar-refractivity contribution is 5.92. The second-order valence-corrected chi connectivity index (χ2v) is 6.91.